The predicted molar refractivity (Wildman–Crippen MR) is 78.6 cm³/mol. The highest BCUT2D eigenvalue weighted by Gasteiger charge is 2.12. The Labute approximate surface area is 123 Å². The fraction of sp³-hybridized carbons (Fsp3) is 0.467. The van der Waals surface area contributed by atoms with E-state index in [9.17, 15) is 4.79 Å². The maximum absolute atomic E-state index is 11.0. The quantitative estimate of drug-likeness (QED) is 0.723. The maximum Gasteiger partial charge on any atom is 0.335 e. The third-order valence-electron chi connectivity index (χ3n) is 3.24. The second-order valence-electron chi connectivity index (χ2n) is 4.77. The summed E-state index contributed by atoms with van der Waals surface area (Å²) in [6.45, 7) is 3.53. The summed E-state index contributed by atoms with van der Waals surface area (Å²) in [5, 5.41) is 17.8. The van der Waals surface area contributed by atoms with E-state index in [2.05, 4.69) is 16.5 Å². The monoisotopic (exact) mass is 292 g/mol. The highest BCUT2D eigenvalue weighted by Crippen LogP contribution is 2.19. The molecule has 6 nitrogen and oxygen atoms in total. The first-order valence-electron chi connectivity index (χ1n) is 7.08. The van der Waals surface area contributed by atoms with E-state index in [1.54, 1.807) is 18.2 Å². The Morgan fingerprint density at radius 3 is 2.86 bits per heavy atom. The number of aliphatic hydroxyl groups is 1. The van der Waals surface area contributed by atoms with E-state index in [0.29, 0.717) is 25.3 Å². The van der Waals surface area contributed by atoms with Crippen molar-refractivity contribution in [1.82, 2.24) is 9.55 Å². The molecule has 1 aromatic heterocycles. The van der Waals surface area contributed by atoms with E-state index < -0.39 is 5.97 Å². The van der Waals surface area contributed by atoms with Gasteiger partial charge in [0.25, 0.3) is 0 Å². The van der Waals surface area contributed by atoms with E-state index >= 15 is 0 Å². The number of aryl methyl sites for hydroxylation is 1. The number of carbonyl (C=O) groups is 1. The van der Waals surface area contributed by atoms with E-state index in [-0.39, 0.29) is 12.2 Å². The van der Waals surface area contributed by atoms with Crippen molar-refractivity contribution in [2.75, 3.05) is 19.8 Å². The Balaban J connectivity index is 2.31. The van der Waals surface area contributed by atoms with E-state index in [1.807, 2.05) is 0 Å². The lowest BCUT2D eigenvalue weighted by atomic mass is 10.2. The molecule has 2 aromatic rings. The van der Waals surface area contributed by atoms with Crippen LogP contribution in [0.3, 0.4) is 0 Å². The topological polar surface area (TPSA) is 84.6 Å². The molecule has 0 spiro atoms. The van der Waals surface area contributed by atoms with Crippen LogP contribution in [0.5, 0.6) is 0 Å². The molecule has 0 bridgehead atoms. The number of benzene rings is 1. The SMILES string of the molecule is CCCc1nc2cc(C(=O)O)ccc2n1CCOCCO. The molecule has 6 heteroatoms. The number of carboxylic acid groups (broad SMARTS) is 1. The number of carboxylic acids is 1. The van der Waals surface area contributed by atoms with Crippen LogP contribution in [0.1, 0.15) is 29.5 Å². The largest absolute Gasteiger partial charge is 0.478 e. The zero-order valence-electron chi connectivity index (χ0n) is 12.1. The van der Waals surface area contributed by atoms with Crippen molar-refractivity contribution >= 4 is 17.0 Å². The molecule has 0 aliphatic carbocycles. The van der Waals surface area contributed by atoms with Gasteiger partial charge in [0.15, 0.2) is 0 Å². The van der Waals surface area contributed by atoms with Gasteiger partial charge in [-0.3, -0.25) is 0 Å². The van der Waals surface area contributed by atoms with Crippen molar-refractivity contribution in [3.63, 3.8) is 0 Å². The van der Waals surface area contributed by atoms with Gasteiger partial charge in [-0.1, -0.05) is 6.92 Å². The van der Waals surface area contributed by atoms with Gasteiger partial charge in [-0.05, 0) is 24.6 Å². The summed E-state index contributed by atoms with van der Waals surface area (Å²) in [6.07, 6.45) is 1.80. The molecule has 1 aromatic carbocycles. The summed E-state index contributed by atoms with van der Waals surface area (Å²) in [5.74, 6) is -0.0163. The molecule has 0 radical (unpaired) electrons. The van der Waals surface area contributed by atoms with Crippen LogP contribution in [0.15, 0.2) is 18.2 Å². The van der Waals surface area contributed by atoms with Gasteiger partial charge in [-0.25, -0.2) is 9.78 Å². The standard InChI is InChI=1S/C15H20N2O4/c1-2-3-14-16-12-10-11(15(19)20)4-5-13(12)17(14)6-8-21-9-7-18/h4-5,10,18H,2-3,6-9H2,1H3,(H,19,20). The zero-order chi connectivity index (χ0) is 15.2. The Morgan fingerprint density at radius 1 is 1.38 bits per heavy atom. The van der Waals surface area contributed by atoms with Gasteiger partial charge in [-0.2, -0.15) is 0 Å². The van der Waals surface area contributed by atoms with Crippen LogP contribution >= 0.6 is 0 Å². The van der Waals surface area contributed by atoms with Crippen LogP contribution in [0.4, 0.5) is 0 Å². The van der Waals surface area contributed by atoms with Crippen molar-refractivity contribution in [2.45, 2.75) is 26.3 Å². The summed E-state index contributed by atoms with van der Waals surface area (Å²) in [4.78, 5) is 15.6. The molecule has 0 amide bonds. The molecule has 0 saturated carbocycles. The average Bonchev–Trinajstić information content (AvgIpc) is 2.81. The van der Waals surface area contributed by atoms with Gasteiger partial charge >= 0.3 is 5.97 Å². The number of ether oxygens (including phenoxy) is 1. The van der Waals surface area contributed by atoms with Crippen LogP contribution in [0.2, 0.25) is 0 Å². The van der Waals surface area contributed by atoms with E-state index in [4.69, 9.17) is 14.9 Å². The van der Waals surface area contributed by atoms with E-state index in [0.717, 1.165) is 24.2 Å². The van der Waals surface area contributed by atoms with E-state index in [1.165, 1.54) is 0 Å². The lowest BCUT2D eigenvalue weighted by Crippen LogP contribution is -2.11. The Hall–Kier alpha value is -1.92. The van der Waals surface area contributed by atoms with Gasteiger partial charge in [0.1, 0.15) is 5.82 Å². The highest BCUT2D eigenvalue weighted by atomic mass is 16.5. The number of aromatic carboxylic acids is 1. The number of nitrogens with zero attached hydrogens (tertiary/aromatic N) is 2. The second-order valence-corrected chi connectivity index (χ2v) is 4.77. The minimum absolute atomic E-state index is 0.00840. The van der Waals surface area contributed by atoms with Crippen molar-refractivity contribution in [2.24, 2.45) is 0 Å². The van der Waals surface area contributed by atoms with Gasteiger partial charge in [-0.15, -0.1) is 0 Å². The lowest BCUT2D eigenvalue weighted by molar-refractivity contribution is 0.0697. The van der Waals surface area contributed by atoms with Crippen molar-refractivity contribution in [3.8, 4) is 0 Å². The third-order valence-corrected chi connectivity index (χ3v) is 3.24. The average molecular weight is 292 g/mol. The van der Waals surface area contributed by atoms with Crippen molar-refractivity contribution in [1.29, 1.82) is 0 Å². The molecule has 0 saturated heterocycles. The Morgan fingerprint density at radius 2 is 2.19 bits per heavy atom. The summed E-state index contributed by atoms with van der Waals surface area (Å²) >= 11 is 0. The molecule has 2 N–H and O–H groups in total. The molecule has 0 unspecified atom stereocenters. The fourth-order valence-electron chi connectivity index (χ4n) is 2.30. The predicted octanol–water partition coefficient (Wildman–Crippen LogP) is 1.70. The van der Waals surface area contributed by atoms with Gasteiger partial charge in [0.2, 0.25) is 0 Å². The summed E-state index contributed by atoms with van der Waals surface area (Å²) in [5.41, 5.74) is 1.85. The molecule has 21 heavy (non-hydrogen) atoms. The molecule has 0 aliphatic heterocycles. The molecule has 0 atom stereocenters. The van der Waals surface area contributed by atoms with Crippen molar-refractivity contribution in [3.05, 3.63) is 29.6 Å². The number of imidazole rings is 1. The lowest BCUT2D eigenvalue weighted by Gasteiger charge is -2.09. The van der Waals surface area contributed by atoms with Gasteiger partial charge in [0.05, 0.1) is 36.4 Å². The molecule has 0 fully saturated rings. The number of hydrogen-bond acceptors (Lipinski definition) is 4. The normalized spacial score (nSPS) is 11.1. The summed E-state index contributed by atoms with van der Waals surface area (Å²) in [6, 6.07) is 4.98. The van der Waals surface area contributed by atoms with Crippen LogP contribution < -0.4 is 0 Å². The number of fused-ring (bicyclic) bond motifs is 1. The third kappa shape index (κ3) is 3.59. The number of rotatable bonds is 8. The first-order chi connectivity index (χ1) is 10.2. The van der Waals surface area contributed by atoms with Crippen LogP contribution in [0, 0.1) is 0 Å². The molecule has 0 aliphatic rings. The van der Waals surface area contributed by atoms with Gasteiger partial charge < -0.3 is 19.5 Å². The minimum atomic E-state index is -0.949. The first-order valence-corrected chi connectivity index (χ1v) is 7.08. The van der Waals surface area contributed by atoms with Crippen LogP contribution in [0.25, 0.3) is 11.0 Å². The molecular weight excluding hydrogens is 272 g/mol. The first kappa shape index (κ1) is 15.5. The molecular formula is C15H20N2O4. The molecule has 114 valence electrons. The van der Waals surface area contributed by atoms with Crippen molar-refractivity contribution < 1.29 is 19.7 Å². The van der Waals surface area contributed by atoms with Gasteiger partial charge in [0, 0.05) is 13.0 Å². The summed E-state index contributed by atoms with van der Waals surface area (Å²) in [7, 11) is 0. The number of aromatic nitrogens is 2. The highest BCUT2D eigenvalue weighted by molar-refractivity contribution is 5.92. The summed E-state index contributed by atoms with van der Waals surface area (Å²) < 4.78 is 7.36. The molecule has 1 heterocycles. The zero-order valence-corrected chi connectivity index (χ0v) is 12.1. The Bertz CT molecular complexity index is 621. The maximum atomic E-state index is 11.0. The second kappa shape index (κ2) is 7.19. The van der Waals surface area contributed by atoms with Crippen LogP contribution in [-0.4, -0.2) is 45.6 Å². The molecule has 2 rings (SSSR count). The number of aliphatic hydroxyl groups excluding tert-OH is 1. The smallest absolute Gasteiger partial charge is 0.335 e. The van der Waals surface area contributed by atoms with Crippen LogP contribution in [-0.2, 0) is 17.7 Å². The Kier molecular flexibility index (Phi) is 5.30. The fourth-order valence-corrected chi connectivity index (χ4v) is 2.30. The minimum Gasteiger partial charge on any atom is -0.478 e. The number of hydrogen-bond donors (Lipinski definition) is 2.